The van der Waals surface area contributed by atoms with E-state index in [2.05, 4.69) is 15.5 Å². The number of alkyl halides is 1. The van der Waals surface area contributed by atoms with Crippen LogP contribution in [0.15, 0.2) is 28.7 Å². The van der Waals surface area contributed by atoms with Gasteiger partial charge in [-0.3, -0.25) is 0 Å². The molecule has 1 heterocycles. The standard InChI is InChI=1S/C12H14ClN3O2/c1-8-15-16-12(18-8)9-3-2-4-10(5-9)14-7-11(17)6-13/h2-5,11,14,17H,6-7H2,1H3. The first-order valence-electron chi connectivity index (χ1n) is 5.57. The molecule has 6 heteroatoms. The van der Waals surface area contributed by atoms with E-state index in [0.717, 1.165) is 11.3 Å². The first-order valence-corrected chi connectivity index (χ1v) is 6.11. The van der Waals surface area contributed by atoms with Gasteiger partial charge in [0.2, 0.25) is 11.8 Å². The normalized spacial score (nSPS) is 12.4. The van der Waals surface area contributed by atoms with Crippen molar-refractivity contribution in [1.29, 1.82) is 0 Å². The number of aliphatic hydroxyl groups is 1. The largest absolute Gasteiger partial charge is 0.421 e. The van der Waals surface area contributed by atoms with Crippen LogP contribution in [0.2, 0.25) is 0 Å². The molecule has 0 fully saturated rings. The fraction of sp³-hybridized carbons (Fsp3) is 0.333. The number of aliphatic hydroxyl groups excluding tert-OH is 1. The van der Waals surface area contributed by atoms with Gasteiger partial charge < -0.3 is 14.8 Å². The summed E-state index contributed by atoms with van der Waals surface area (Å²) in [5, 5.41) is 20.2. The number of benzene rings is 1. The molecular weight excluding hydrogens is 254 g/mol. The molecule has 0 aliphatic carbocycles. The number of aryl methyl sites for hydroxylation is 1. The van der Waals surface area contributed by atoms with Gasteiger partial charge in [-0.15, -0.1) is 21.8 Å². The Morgan fingerprint density at radius 1 is 1.44 bits per heavy atom. The van der Waals surface area contributed by atoms with Crippen molar-refractivity contribution in [3.8, 4) is 11.5 Å². The molecule has 0 aliphatic rings. The van der Waals surface area contributed by atoms with Gasteiger partial charge in [-0.1, -0.05) is 6.07 Å². The van der Waals surface area contributed by atoms with E-state index in [0.29, 0.717) is 18.3 Å². The maximum atomic E-state index is 9.37. The summed E-state index contributed by atoms with van der Waals surface area (Å²) in [7, 11) is 0. The monoisotopic (exact) mass is 267 g/mol. The van der Waals surface area contributed by atoms with Crippen LogP contribution in [0.3, 0.4) is 0 Å². The number of halogens is 1. The average Bonchev–Trinajstić information content (AvgIpc) is 2.83. The maximum absolute atomic E-state index is 9.37. The fourth-order valence-electron chi connectivity index (χ4n) is 1.47. The lowest BCUT2D eigenvalue weighted by Crippen LogP contribution is -2.20. The number of anilines is 1. The second-order valence-corrected chi connectivity index (χ2v) is 4.20. The molecule has 0 amide bonds. The number of nitrogens with zero attached hydrogens (tertiary/aromatic N) is 2. The van der Waals surface area contributed by atoms with Crippen LogP contribution in [0.25, 0.3) is 11.5 Å². The van der Waals surface area contributed by atoms with Crippen molar-refractivity contribution in [3.63, 3.8) is 0 Å². The third kappa shape index (κ3) is 3.21. The maximum Gasteiger partial charge on any atom is 0.247 e. The zero-order chi connectivity index (χ0) is 13.0. The Balaban J connectivity index is 2.10. The van der Waals surface area contributed by atoms with Crippen LogP contribution in [-0.2, 0) is 0 Å². The van der Waals surface area contributed by atoms with Crippen molar-refractivity contribution in [2.75, 3.05) is 17.7 Å². The average molecular weight is 268 g/mol. The van der Waals surface area contributed by atoms with Gasteiger partial charge in [-0.05, 0) is 18.2 Å². The SMILES string of the molecule is Cc1nnc(-c2cccc(NCC(O)CCl)c2)o1. The lowest BCUT2D eigenvalue weighted by Gasteiger charge is -2.10. The van der Waals surface area contributed by atoms with Crippen LogP contribution in [0.5, 0.6) is 0 Å². The topological polar surface area (TPSA) is 71.2 Å². The molecule has 5 nitrogen and oxygen atoms in total. The van der Waals surface area contributed by atoms with E-state index in [1.54, 1.807) is 6.92 Å². The molecule has 1 unspecified atom stereocenters. The van der Waals surface area contributed by atoms with E-state index in [4.69, 9.17) is 16.0 Å². The molecule has 2 rings (SSSR count). The Labute approximate surface area is 110 Å². The van der Waals surface area contributed by atoms with E-state index < -0.39 is 6.10 Å². The van der Waals surface area contributed by atoms with Crippen LogP contribution < -0.4 is 5.32 Å². The van der Waals surface area contributed by atoms with E-state index >= 15 is 0 Å². The minimum Gasteiger partial charge on any atom is -0.421 e. The van der Waals surface area contributed by atoms with Crippen LogP contribution in [0.1, 0.15) is 5.89 Å². The molecule has 0 aliphatic heterocycles. The summed E-state index contributed by atoms with van der Waals surface area (Å²) >= 11 is 5.52. The predicted molar refractivity (Wildman–Crippen MR) is 69.7 cm³/mol. The van der Waals surface area contributed by atoms with Gasteiger partial charge in [0.25, 0.3) is 0 Å². The van der Waals surface area contributed by atoms with Crippen molar-refractivity contribution in [3.05, 3.63) is 30.2 Å². The quantitative estimate of drug-likeness (QED) is 0.812. The smallest absolute Gasteiger partial charge is 0.247 e. The van der Waals surface area contributed by atoms with Crippen molar-refractivity contribution in [1.82, 2.24) is 10.2 Å². The van der Waals surface area contributed by atoms with Crippen LogP contribution in [0, 0.1) is 6.92 Å². The number of hydrogen-bond donors (Lipinski definition) is 2. The molecule has 1 aromatic heterocycles. The zero-order valence-corrected chi connectivity index (χ0v) is 10.7. The highest BCUT2D eigenvalue weighted by atomic mass is 35.5. The predicted octanol–water partition coefficient (Wildman–Crippen LogP) is 2.06. The Kier molecular flexibility index (Phi) is 4.17. The summed E-state index contributed by atoms with van der Waals surface area (Å²) in [6.07, 6.45) is -0.569. The second kappa shape index (κ2) is 5.84. The Bertz CT molecular complexity index is 516. The highest BCUT2D eigenvalue weighted by molar-refractivity contribution is 6.18. The van der Waals surface area contributed by atoms with Gasteiger partial charge in [0.05, 0.1) is 12.0 Å². The molecule has 18 heavy (non-hydrogen) atoms. The molecule has 0 saturated carbocycles. The highest BCUT2D eigenvalue weighted by Gasteiger charge is 2.07. The van der Waals surface area contributed by atoms with Crippen LogP contribution >= 0.6 is 11.6 Å². The first-order chi connectivity index (χ1) is 8.69. The summed E-state index contributed by atoms with van der Waals surface area (Å²) in [4.78, 5) is 0. The van der Waals surface area contributed by atoms with Gasteiger partial charge >= 0.3 is 0 Å². The Morgan fingerprint density at radius 2 is 2.28 bits per heavy atom. The molecule has 2 N–H and O–H groups in total. The van der Waals surface area contributed by atoms with Gasteiger partial charge in [-0.25, -0.2) is 0 Å². The number of hydrogen-bond acceptors (Lipinski definition) is 5. The highest BCUT2D eigenvalue weighted by Crippen LogP contribution is 2.21. The first kappa shape index (κ1) is 12.9. The summed E-state index contributed by atoms with van der Waals surface area (Å²) in [5.74, 6) is 1.21. The molecule has 1 atom stereocenters. The molecule has 0 bridgehead atoms. The van der Waals surface area contributed by atoms with Gasteiger partial charge in [0.1, 0.15) is 0 Å². The number of rotatable bonds is 5. The minimum absolute atomic E-state index is 0.204. The van der Waals surface area contributed by atoms with E-state index in [1.807, 2.05) is 24.3 Å². The molecule has 96 valence electrons. The van der Waals surface area contributed by atoms with Crippen molar-refractivity contribution < 1.29 is 9.52 Å². The number of aromatic nitrogens is 2. The summed E-state index contributed by atoms with van der Waals surface area (Å²) in [6, 6.07) is 7.54. The lowest BCUT2D eigenvalue weighted by molar-refractivity contribution is 0.211. The lowest BCUT2D eigenvalue weighted by atomic mass is 10.2. The molecule has 0 saturated heterocycles. The zero-order valence-electron chi connectivity index (χ0n) is 9.93. The summed E-state index contributed by atoms with van der Waals surface area (Å²) < 4.78 is 5.35. The molecule has 1 aromatic carbocycles. The third-order valence-electron chi connectivity index (χ3n) is 2.36. The van der Waals surface area contributed by atoms with Crippen molar-refractivity contribution >= 4 is 17.3 Å². The van der Waals surface area contributed by atoms with Gasteiger partial charge in [0, 0.05) is 24.7 Å². The molecule has 2 aromatic rings. The van der Waals surface area contributed by atoms with E-state index in [9.17, 15) is 5.11 Å². The van der Waals surface area contributed by atoms with Crippen LogP contribution in [0.4, 0.5) is 5.69 Å². The molecule has 0 radical (unpaired) electrons. The third-order valence-corrected chi connectivity index (χ3v) is 2.71. The Morgan fingerprint density at radius 3 is 2.94 bits per heavy atom. The van der Waals surface area contributed by atoms with E-state index in [1.165, 1.54) is 0 Å². The molecule has 0 spiro atoms. The fourth-order valence-corrected chi connectivity index (χ4v) is 1.57. The van der Waals surface area contributed by atoms with Crippen molar-refractivity contribution in [2.45, 2.75) is 13.0 Å². The van der Waals surface area contributed by atoms with Crippen LogP contribution in [-0.4, -0.2) is 33.8 Å². The molecular formula is C12H14ClN3O2. The van der Waals surface area contributed by atoms with Gasteiger partial charge in [-0.2, -0.15) is 0 Å². The summed E-state index contributed by atoms with van der Waals surface area (Å²) in [6.45, 7) is 2.14. The second-order valence-electron chi connectivity index (χ2n) is 3.90. The summed E-state index contributed by atoms with van der Waals surface area (Å²) in [5.41, 5.74) is 1.70. The minimum atomic E-state index is -0.569. The Hall–Kier alpha value is -1.59. The van der Waals surface area contributed by atoms with Gasteiger partial charge in [0.15, 0.2) is 0 Å². The van der Waals surface area contributed by atoms with Crippen molar-refractivity contribution in [2.24, 2.45) is 0 Å². The number of nitrogens with one attached hydrogen (secondary N) is 1. The van der Waals surface area contributed by atoms with E-state index in [-0.39, 0.29) is 5.88 Å².